The molecule has 0 unspecified atom stereocenters. The molecular formula is C21H27N5O3S. The van der Waals surface area contributed by atoms with Crippen LogP contribution in [-0.2, 0) is 0 Å². The van der Waals surface area contributed by atoms with Crippen LogP contribution < -0.4 is 10.6 Å². The third-order valence-electron chi connectivity index (χ3n) is 4.61. The van der Waals surface area contributed by atoms with E-state index in [9.17, 15) is 9.90 Å². The Kier molecular flexibility index (Phi) is 6.02. The van der Waals surface area contributed by atoms with Crippen LogP contribution in [0.25, 0.3) is 0 Å². The van der Waals surface area contributed by atoms with Crippen molar-refractivity contribution in [2.24, 2.45) is 5.41 Å². The fraction of sp³-hybridized carbons (Fsp3) is 0.381. The summed E-state index contributed by atoms with van der Waals surface area (Å²) in [7, 11) is 3.26. The second-order valence-electron chi connectivity index (χ2n) is 8.38. The van der Waals surface area contributed by atoms with Crippen molar-refractivity contribution < 1.29 is 14.5 Å². The second kappa shape index (κ2) is 8.35. The molecule has 0 radical (unpaired) electrons. The van der Waals surface area contributed by atoms with E-state index in [-0.39, 0.29) is 28.7 Å². The number of aryl methyl sites for hydroxylation is 1. The zero-order valence-corrected chi connectivity index (χ0v) is 18.8. The SMILES string of the molecule is Cc1ccc([C@H](Nc2nonc2Nc2cccc(C(=O)N(C)C)c2O)C(C)(C)C)s1. The average Bonchev–Trinajstić information content (AvgIpc) is 3.28. The third-order valence-corrected chi connectivity index (χ3v) is 5.67. The molecule has 0 aliphatic carbocycles. The van der Waals surface area contributed by atoms with Crippen LogP contribution in [0, 0.1) is 12.3 Å². The fourth-order valence-corrected chi connectivity index (χ4v) is 4.18. The number of para-hydroxylation sites is 1. The van der Waals surface area contributed by atoms with Crippen LogP contribution in [0.4, 0.5) is 17.3 Å². The van der Waals surface area contributed by atoms with Crippen LogP contribution in [0.1, 0.15) is 46.9 Å². The smallest absolute Gasteiger partial charge is 0.257 e. The summed E-state index contributed by atoms with van der Waals surface area (Å²) >= 11 is 1.72. The van der Waals surface area contributed by atoms with Crippen molar-refractivity contribution in [3.05, 3.63) is 45.6 Å². The van der Waals surface area contributed by atoms with Gasteiger partial charge >= 0.3 is 0 Å². The molecule has 8 nitrogen and oxygen atoms in total. The number of carbonyl (C=O) groups excluding carboxylic acids is 1. The number of aromatic hydroxyl groups is 1. The third kappa shape index (κ3) is 4.56. The molecule has 0 aliphatic heterocycles. The number of nitrogens with zero attached hydrogens (tertiary/aromatic N) is 3. The van der Waals surface area contributed by atoms with E-state index in [0.717, 1.165) is 0 Å². The maximum Gasteiger partial charge on any atom is 0.257 e. The molecule has 1 amide bonds. The number of nitrogens with one attached hydrogen (secondary N) is 2. The van der Waals surface area contributed by atoms with Crippen molar-refractivity contribution in [2.75, 3.05) is 24.7 Å². The Balaban J connectivity index is 1.89. The standard InChI is InChI=1S/C21H27N5O3S/c1-12-10-11-15(30-12)17(21(2,3)4)23-19-18(24-29-25-19)22-14-9-7-8-13(16(14)27)20(28)26(5)6/h7-11,17,27H,1-6H3,(H,22,24)(H,23,25)/t17-/m0/s1. The number of thiophene rings is 1. The van der Waals surface area contributed by atoms with Crippen molar-refractivity contribution in [1.82, 2.24) is 15.2 Å². The molecule has 9 heteroatoms. The Labute approximate surface area is 179 Å². The Bertz CT molecular complexity index is 1040. The van der Waals surface area contributed by atoms with Gasteiger partial charge < -0.3 is 20.6 Å². The number of phenols is 1. The van der Waals surface area contributed by atoms with Crippen LogP contribution in [0.2, 0.25) is 0 Å². The zero-order valence-electron chi connectivity index (χ0n) is 18.0. The van der Waals surface area contributed by atoms with E-state index in [1.54, 1.807) is 43.6 Å². The largest absolute Gasteiger partial charge is 0.505 e. The summed E-state index contributed by atoms with van der Waals surface area (Å²) < 4.78 is 4.95. The molecule has 160 valence electrons. The quantitative estimate of drug-likeness (QED) is 0.484. The Morgan fingerprint density at radius 1 is 1.17 bits per heavy atom. The highest BCUT2D eigenvalue weighted by Crippen LogP contribution is 2.40. The molecule has 3 N–H and O–H groups in total. The van der Waals surface area contributed by atoms with E-state index in [0.29, 0.717) is 17.3 Å². The van der Waals surface area contributed by atoms with Gasteiger partial charge in [0.1, 0.15) is 0 Å². The van der Waals surface area contributed by atoms with Crippen LogP contribution in [0.3, 0.4) is 0 Å². The van der Waals surface area contributed by atoms with E-state index in [2.05, 4.69) is 60.8 Å². The first kappa shape index (κ1) is 21.6. The highest BCUT2D eigenvalue weighted by molar-refractivity contribution is 7.12. The topological polar surface area (TPSA) is 104 Å². The van der Waals surface area contributed by atoms with E-state index in [1.165, 1.54) is 14.7 Å². The van der Waals surface area contributed by atoms with Crippen molar-refractivity contribution in [3.8, 4) is 5.75 Å². The lowest BCUT2D eigenvalue weighted by molar-refractivity contribution is 0.0824. The summed E-state index contributed by atoms with van der Waals surface area (Å²) in [6, 6.07) is 9.07. The minimum Gasteiger partial charge on any atom is -0.505 e. The number of benzene rings is 1. The lowest BCUT2D eigenvalue weighted by Crippen LogP contribution is -2.25. The Hall–Kier alpha value is -3.07. The van der Waals surface area contributed by atoms with Gasteiger partial charge in [-0.15, -0.1) is 11.3 Å². The molecule has 0 saturated heterocycles. The molecule has 0 bridgehead atoms. The van der Waals surface area contributed by atoms with Gasteiger partial charge in [0.2, 0.25) is 11.6 Å². The lowest BCUT2D eigenvalue weighted by atomic mass is 9.86. The van der Waals surface area contributed by atoms with Crippen molar-refractivity contribution in [1.29, 1.82) is 0 Å². The summed E-state index contributed by atoms with van der Waals surface area (Å²) in [6.45, 7) is 8.50. The number of phenolic OH excluding ortho intramolecular Hbond substituents is 1. The van der Waals surface area contributed by atoms with E-state index < -0.39 is 0 Å². The summed E-state index contributed by atoms with van der Waals surface area (Å²) in [5.41, 5.74) is 0.423. The van der Waals surface area contributed by atoms with Gasteiger partial charge in [-0.25, -0.2) is 4.63 Å². The van der Waals surface area contributed by atoms with Crippen LogP contribution in [0.5, 0.6) is 5.75 Å². The summed E-state index contributed by atoms with van der Waals surface area (Å²) in [4.78, 5) is 16.1. The molecule has 30 heavy (non-hydrogen) atoms. The minimum absolute atomic E-state index is 0.0288. The van der Waals surface area contributed by atoms with Crippen LogP contribution in [-0.4, -0.2) is 40.3 Å². The summed E-state index contributed by atoms with van der Waals surface area (Å²) in [5.74, 6) is 0.284. The van der Waals surface area contributed by atoms with Crippen LogP contribution in [0.15, 0.2) is 35.0 Å². The van der Waals surface area contributed by atoms with Gasteiger partial charge in [0.05, 0.1) is 17.3 Å². The average molecular weight is 430 g/mol. The predicted molar refractivity (Wildman–Crippen MR) is 119 cm³/mol. The summed E-state index contributed by atoms with van der Waals surface area (Å²) in [6.07, 6.45) is 0. The van der Waals surface area contributed by atoms with Crippen molar-refractivity contribution >= 4 is 34.6 Å². The molecule has 0 fully saturated rings. The first-order chi connectivity index (χ1) is 14.1. The fourth-order valence-electron chi connectivity index (χ4n) is 3.01. The maximum atomic E-state index is 12.3. The first-order valence-corrected chi connectivity index (χ1v) is 10.4. The van der Waals surface area contributed by atoms with Gasteiger partial charge in [-0.2, -0.15) is 0 Å². The summed E-state index contributed by atoms with van der Waals surface area (Å²) in [5, 5.41) is 25.0. The monoisotopic (exact) mass is 429 g/mol. The molecule has 0 aliphatic rings. The number of anilines is 3. The van der Waals surface area contributed by atoms with Gasteiger partial charge in [-0.1, -0.05) is 26.8 Å². The van der Waals surface area contributed by atoms with E-state index in [4.69, 9.17) is 4.63 Å². The number of amides is 1. The van der Waals surface area contributed by atoms with Crippen molar-refractivity contribution in [3.63, 3.8) is 0 Å². The lowest BCUT2D eigenvalue weighted by Gasteiger charge is -2.30. The van der Waals surface area contributed by atoms with Gasteiger partial charge in [-0.05, 0) is 46.9 Å². The first-order valence-electron chi connectivity index (χ1n) is 9.54. The van der Waals surface area contributed by atoms with Gasteiger partial charge in [0.25, 0.3) is 5.91 Å². The molecule has 0 spiro atoms. The number of aromatic nitrogens is 2. The Morgan fingerprint density at radius 2 is 1.87 bits per heavy atom. The van der Waals surface area contributed by atoms with Gasteiger partial charge in [0, 0.05) is 23.8 Å². The molecular weight excluding hydrogens is 402 g/mol. The Morgan fingerprint density at radius 3 is 2.47 bits per heavy atom. The normalized spacial score (nSPS) is 12.5. The minimum atomic E-state index is -0.298. The van der Waals surface area contributed by atoms with Crippen molar-refractivity contribution in [2.45, 2.75) is 33.7 Å². The van der Waals surface area contributed by atoms with E-state index >= 15 is 0 Å². The molecule has 2 aromatic heterocycles. The van der Waals surface area contributed by atoms with Crippen LogP contribution >= 0.6 is 11.3 Å². The number of hydrogen-bond acceptors (Lipinski definition) is 8. The molecule has 1 aromatic carbocycles. The van der Waals surface area contributed by atoms with Gasteiger partial charge in [-0.3, -0.25) is 4.79 Å². The highest BCUT2D eigenvalue weighted by atomic mass is 32.1. The maximum absolute atomic E-state index is 12.3. The molecule has 3 rings (SSSR count). The predicted octanol–water partition coefficient (Wildman–Crippen LogP) is 4.79. The number of hydrogen-bond donors (Lipinski definition) is 3. The number of rotatable bonds is 6. The molecule has 1 atom stereocenters. The second-order valence-corrected chi connectivity index (χ2v) is 9.70. The number of carbonyl (C=O) groups is 1. The van der Waals surface area contributed by atoms with Gasteiger partial charge in [0.15, 0.2) is 5.75 Å². The van der Waals surface area contributed by atoms with E-state index in [1.807, 2.05) is 0 Å². The zero-order chi connectivity index (χ0) is 22.1. The molecule has 0 saturated carbocycles. The molecule has 2 heterocycles. The highest BCUT2D eigenvalue weighted by Gasteiger charge is 2.30. The molecule has 3 aromatic rings.